The average Bonchev–Trinajstić information content (AvgIpc) is 2.84. The van der Waals surface area contributed by atoms with Crippen LogP contribution >= 0.6 is 0 Å². The van der Waals surface area contributed by atoms with Gasteiger partial charge in [-0.1, -0.05) is 24.3 Å². The van der Waals surface area contributed by atoms with Crippen LogP contribution in [-0.4, -0.2) is 6.54 Å². The Hall–Kier alpha value is -0.820. The SMILES string of the molecule is Cc1ccccc1[C@@H]1C[C@H]1CN. The largest absolute Gasteiger partial charge is 0.330 e. The van der Waals surface area contributed by atoms with E-state index in [2.05, 4.69) is 31.2 Å². The number of hydrogen-bond acceptors (Lipinski definition) is 1. The topological polar surface area (TPSA) is 26.0 Å². The van der Waals surface area contributed by atoms with Crippen molar-refractivity contribution >= 4 is 0 Å². The van der Waals surface area contributed by atoms with Gasteiger partial charge in [-0.15, -0.1) is 0 Å². The van der Waals surface area contributed by atoms with Gasteiger partial charge in [0.2, 0.25) is 0 Å². The molecule has 0 saturated heterocycles. The zero-order valence-electron chi connectivity index (χ0n) is 7.46. The van der Waals surface area contributed by atoms with E-state index in [0.29, 0.717) is 0 Å². The Morgan fingerprint density at radius 1 is 1.42 bits per heavy atom. The van der Waals surface area contributed by atoms with Crippen molar-refractivity contribution in [3.8, 4) is 0 Å². The van der Waals surface area contributed by atoms with E-state index in [1.54, 1.807) is 0 Å². The zero-order chi connectivity index (χ0) is 8.55. The second-order valence-corrected chi connectivity index (χ2v) is 3.69. The fourth-order valence-corrected chi connectivity index (χ4v) is 1.89. The third-order valence-electron chi connectivity index (χ3n) is 2.81. The maximum Gasteiger partial charge on any atom is -0.00428 e. The van der Waals surface area contributed by atoms with E-state index < -0.39 is 0 Å². The molecular formula is C11H15N. The molecule has 0 bridgehead atoms. The molecule has 1 aliphatic rings. The lowest BCUT2D eigenvalue weighted by atomic mass is 10.0. The minimum atomic E-state index is 0.756. The highest BCUT2D eigenvalue weighted by Gasteiger charge is 2.37. The summed E-state index contributed by atoms with van der Waals surface area (Å²) in [5, 5.41) is 0. The predicted molar refractivity (Wildman–Crippen MR) is 51.1 cm³/mol. The van der Waals surface area contributed by atoms with Crippen molar-refractivity contribution in [2.45, 2.75) is 19.3 Å². The molecule has 0 spiro atoms. The highest BCUT2D eigenvalue weighted by Crippen LogP contribution is 2.47. The molecule has 1 aromatic rings. The molecule has 1 aliphatic carbocycles. The van der Waals surface area contributed by atoms with E-state index in [0.717, 1.165) is 18.4 Å². The van der Waals surface area contributed by atoms with Gasteiger partial charge in [-0.25, -0.2) is 0 Å². The first-order chi connectivity index (χ1) is 5.83. The molecular weight excluding hydrogens is 146 g/mol. The second kappa shape index (κ2) is 2.91. The second-order valence-electron chi connectivity index (χ2n) is 3.69. The summed E-state index contributed by atoms with van der Waals surface area (Å²) in [5.74, 6) is 1.52. The van der Waals surface area contributed by atoms with Crippen molar-refractivity contribution in [3.63, 3.8) is 0 Å². The minimum absolute atomic E-state index is 0.756. The number of nitrogens with two attached hydrogens (primary N) is 1. The monoisotopic (exact) mass is 161 g/mol. The molecule has 2 rings (SSSR count). The van der Waals surface area contributed by atoms with Crippen LogP contribution in [-0.2, 0) is 0 Å². The van der Waals surface area contributed by atoms with Crippen LogP contribution in [0.2, 0.25) is 0 Å². The number of aryl methyl sites for hydroxylation is 1. The molecule has 0 heterocycles. The number of rotatable bonds is 2. The summed E-state index contributed by atoms with van der Waals surface area (Å²) in [7, 11) is 0. The van der Waals surface area contributed by atoms with E-state index in [1.165, 1.54) is 17.5 Å². The summed E-state index contributed by atoms with van der Waals surface area (Å²) in [6.07, 6.45) is 1.29. The van der Waals surface area contributed by atoms with E-state index in [-0.39, 0.29) is 0 Å². The van der Waals surface area contributed by atoms with Crippen molar-refractivity contribution in [1.29, 1.82) is 0 Å². The summed E-state index contributed by atoms with van der Waals surface area (Å²) < 4.78 is 0. The maximum atomic E-state index is 5.61. The molecule has 12 heavy (non-hydrogen) atoms. The van der Waals surface area contributed by atoms with Crippen LogP contribution in [0.3, 0.4) is 0 Å². The van der Waals surface area contributed by atoms with Crippen LogP contribution in [0.25, 0.3) is 0 Å². The standard InChI is InChI=1S/C11H15N/c1-8-4-2-3-5-10(8)11-6-9(11)7-12/h2-5,9,11H,6-7,12H2,1H3/t9-,11+/m0/s1. The van der Waals surface area contributed by atoms with Crippen molar-refractivity contribution in [1.82, 2.24) is 0 Å². The minimum Gasteiger partial charge on any atom is -0.330 e. The quantitative estimate of drug-likeness (QED) is 0.706. The van der Waals surface area contributed by atoms with Crippen molar-refractivity contribution in [3.05, 3.63) is 35.4 Å². The van der Waals surface area contributed by atoms with Gasteiger partial charge < -0.3 is 5.73 Å². The molecule has 64 valence electrons. The van der Waals surface area contributed by atoms with Crippen molar-refractivity contribution < 1.29 is 0 Å². The molecule has 1 aromatic carbocycles. The van der Waals surface area contributed by atoms with Crippen LogP contribution < -0.4 is 5.73 Å². The maximum absolute atomic E-state index is 5.61. The average molecular weight is 161 g/mol. The number of hydrogen-bond donors (Lipinski definition) is 1. The third kappa shape index (κ3) is 1.25. The molecule has 2 atom stereocenters. The summed E-state index contributed by atoms with van der Waals surface area (Å²) in [6.45, 7) is 3.03. The van der Waals surface area contributed by atoms with Crippen LogP contribution in [0.4, 0.5) is 0 Å². The molecule has 1 heteroatoms. The fourth-order valence-electron chi connectivity index (χ4n) is 1.89. The first kappa shape index (κ1) is 7.81. The molecule has 0 radical (unpaired) electrons. The Labute approximate surface area is 73.6 Å². The molecule has 0 aliphatic heterocycles. The Morgan fingerprint density at radius 2 is 2.17 bits per heavy atom. The van der Waals surface area contributed by atoms with Gasteiger partial charge in [-0.05, 0) is 42.9 Å². The van der Waals surface area contributed by atoms with Gasteiger partial charge in [0.1, 0.15) is 0 Å². The highest BCUT2D eigenvalue weighted by atomic mass is 14.6. The van der Waals surface area contributed by atoms with E-state index in [1.807, 2.05) is 0 Å². The Bertz CT molecular complexity index is 280. The smallest absolute Gasteiger partial charge is 0.00428 e. The van der Waals surface area contributed by atoms with Gasteiger partial charge in [0.05, 0.1) is 0 Å². The van der Waals surface area contributed by atoms with Crippen LogP contribution in [0.15, 0.2) is 24.3 Å². The predicted octanol–water partition coefficient (Wildman–Crippen LogP) is 2.06. The Morgan fingerprint density at radius 3 is 2.75 bits per heavy atom. The fraction of sp³-hybridized carbons (Fsp3) is 0.455. The Kier molecular flexibility index (Phi) is 1.89. The van der Waals surface area contributed by atoms with E-state index >= 15 is 0 Å². The van der Waals surface area contributed by atoms with Crippen LogP contribution in [0.5, 0.6) is 0 Å². The molecule has 0 aromatic heterocycles. The van der Waals surface area contributed by atoms with Crippen LogP contribution in [0, 0.1) is 12.8 Å². The number of benzene rings is 1. The molecule has 1 nitrogen and oxygen atoms in total. The van der Waals surface area contributed by atoms with Crippen LogP contribution in [0.1, 0.15) is 23.5 Å². The van der Waals surface area contributed by atoms with E-state index in [9.17, 15) is 0 Å². The summed E-state index contributed by atoms with van der Waals surface area (Å²) in [4.78, 5) is 0. The lowest BCUT2D eigenvalue weighted by Gasteiger charge is -2.02. The first-order valence-corrected chi connectivity index (χ1v) is 4.58. The lowest BCUT2D eigenvalue weighted by molar-refractivity contribution is 0.807. The summed E-state index contributed by atoms with van der Waals surface area (Å²) in [6, 6.07) is 8.63. The summed E-state index contributed by atoms with van der Waals surface area (Å²) in [5.41, 5.74) is 8.53. The third-order valence-corrected chi connectivity index (χ3v) is 2.81. The van der Waals surface area contributed by atoms with E-state index in [4.69, 9.17) is 5.73 Å². The molecule has 1 fully saturated rings. The van der Waals surface area contributed by atoms with Gasteiger partial charge in [0, 0.05) is 0 Å². The molecule has 2 N–H and O–H groups in total. The van der Waals surface area contributed by atoms with Gasteiger partial charge in [0.25, 0.3) is 0 Å². The van der Waals surface area contributed by atoms with Crippen molar-refractivity contribution in [2.24, 2.45) is 11.7 Å². The zero-order valence-corrected chi connectivity index (χ0v) is 7.46. The highest BCUT2D eigenvalue weighted by molar-refractivity contribution is 5.33. The Balaban J connectivity index is 2.19. The van der Waals surface area contributed by atoms with Gasteiger partial charge in [0.15, 0.2) is 0 Å². The molecule has 0 unspecified atom stereocenters. The molecule has 0 amide bonds. The molecule has 1 saturated carbocycles. The lowest BCUT2D eigenvalue weighted by Crippen LogP contribution is -2.02. The normalized spacial score (nSPS) is 27.2. The first-order valence-electron chi connectivity index (χ1n) is 4.58. The van der Waals surface area contributed by atoms with Crippen molar-refractivity contribution in [2.75, 3.05) is 6.54 Å². The summed E-state index contributed by atoms with van der Waals surface area (Å²) >= 11 is 0. The van der Waals surface area contributed by atoms with Gasteiger partial charge in [-0.3, -0.25) is 0 Å². The van der Waals surface area contributed by atoms with Gasteiger partial charge >= 0.3 is 0 Å². The van der Waals surface area contributed by atoms with Gasteiger partial charge in [-0.2, -0.15) is 0 Å².